The van der Waals surface area contributed by atoms with E-state index in [0.717, 1.165) is 30.7 Å². The van der Waals surface area contributed by atoms with Crippen molar-refractivity contribution in [3.05, 3.63) is 41.4 Å². The Morgan fingerprint density at radius 1 is 1.40 bits per heavy atom. The van der Waals surface area contributed by atoms with Crippen LogP contribution in [0.1, 0.15) is 12.5 Å². The number of benzene rings is 1. The van der Waals surface area contributed by atoms with Crippen molar-refractivity contribution in [1.29, 1.82) is 0 Å². The number of halogens is 1. The van der Waals surface area contributed by atoms with Crippen LogP contribution >= 0.6 is 11.6 Å². The maximum Gasteiger partial charge on any atom is 0.159 e. The number of rotatable bonds is 2. The van der Waals surface area contributed by atoms with Gasteiger partial charge in [0.2, 0.25) is 0 Å². The minimum atomic E-state index is 0.464. The van der Waals surface area contributed by atoms with E-state index >= 15 is 0 Å². The van der Waals surface area contributed by atoms with Crippen molar-refractivity contribution >= 4 is 11.6 Å². The summed E-state index contributed by atoms with van der Waals surface area (Å²) in [7, 11) is 0. The highest BCUT2D eigenvalue weighted by Crippen LogP contribution is 2.26. The Hall–Kier alpha value is -0.570. The zero-order valence-corrected chi connectivity index (χ0v) is 9.67. The number of hydrogen-bond acceptors (Lipinski definition) is 2. The third kappa shape index (κ3) is 2.51. The predicted octanol–water partition coefficient (Wildman–Crippen LogP) is 2.06. The summed E-state index contributed by atoms with van der Waals surface area (Å²) in [4.78, 5) is 2.26. The Morgan fingerprint density at radius 2 is 2.13 bits per heavy atom. The molecule has 1 aliphatic rings. The van der Waals surface area contributed by atoms with E-state index in [0.29, 0.717) is 6.04 Å². The average molecular weight is 224 g/mol. The van der Waals surface area contributed by atoms with Crippen LogP contribution in [0.15, 0.2) is 30.3 Å². The molecule has 2 nitrogen and oxygen atoms in total. The summed E-state index contributed by atoms with van der Waals surface area (Å²) in [5.41, 5.74) is 1.97. The fourth-order valence-electron chi connectivity index (χ4n) is 1.87. The zero-order chi connectivity index (χ0) is 10.7. The van der Waals surface area contributed by atoms with Crippen molar-refractivity contribution < 1.29 is 0 Å². The quantitative estimate of drug-likeness (QED) is 0.773. The normalized spacial score (nSPS) is 23.3. The molecular formula is C12H16ClN2. The number of nitrogens with one attached hydrogen (secondary N) is 1. The zero-order valence-electron chi connectivity index (χ0n) is 8.91. The monoisotopic (exact) mass is 223 g/mol. The van der Waals surface area contributed by atoms with Gasteiger partial charge in [-0.05, 0) is 12.5 Å². The highest BCUT2D eigenvalue weighted by atomic mass is 35.5. The van der Waals surface area contributed by atoms with E-state index in [1.807, 2.05) is 18.2 Å². The Kier molecular flexibility index (Phi) is 3.62. The summed E-state index contributed by atoms with van der Waals surface area (Å²) in [6.45, 7) is 5.18. The molecule has 0 aliphatic carbocycles. The van der Waals surface area contributed by atoms with Crippen LogP contribution in [-0.4, -0.2) is 30.6 Å². The van der Waals surface area contributed by atoms with E-state index in [-0.39, 0.29) is 0 Å². The second kappa shape index (κ2) is 4.97. The second-order valence-corrected chi connectivity index (χ2v) is 4.26. The van der Waals surface area contributed by atoms with Crippen LogP contribution in [0.25, 0.3) is 0 Å². The van der Waals surface area contributed by atoms with E-state index in [1.165, 1.54) is 0 Å². The lowest BCUT2D eigenvalue weighted by atomic mass is 10.1. The number of piperazine rings is 1. The van der Waals surface area contributed by atoms with E-state index in [1.54, 1.807) is 0 Å². The molecule has 0 saturated carbocycles. The van der Waals surface area contributed by atoms with Crippen LogP contribution in [0, 0.1) is 5.50 Å². The first-order valence-corrected chi connectivity index (χ1v) is 5.72. The molecule has 0 spiro atoms. The van der Waals surface area contributed by atoms with Crippen molar-refractivity contribution in [2.24, 2.45) is 0 Å². The largest absolute Gasteiger partial charge is 0.314 e. The van der Waals surface area contributed by atoms with Crippen LogP contribution in [0.3, 0.4) is 0 Å². The van der Waals surface area contributed by atoms with Gasteiger partial charge < -0.3 is 5.32 Å². The minimum absolute atomic E-state index is 0.464. The van der Waals surface area contributed by atoms with Gasteiger partial charge in [0.15, 0.2) is 5.50 Å². The molecule has 1 N–H and O–H groups in total. The molecule has 1 unspecified atom stereocenters. The molecule has 1 saturated heterocycles. The molecule has 3 heteroatoms. The maximum atomic E-state index is 6.39. The molecular weight excluding hydrogens is 208 g/mol. The smallest absolute Gasteiger partial charge is 0.159 e. The number of nitrogens with zero attached hydrogens (tertiary/aromatic N) is 1. The molecule has 1 atom stereocenters. The van der Waals surface area contributed by atoms with E-state index in [2.05, 4.69) is 29.3 Å². The summed E-state index contributed by atoms with van der Waals surface area (Å²) in [6.07, 6.45) is 0. The van der Waals surface area contributed by atoms with Gasteiger partial charge in [-0.2, -0.15) is 0 Å². The van der Waals surface area contributed by atoms with Crippen LogP contribution in [0.5, 0.6) is 0 Å². The molecule has 1 aromatic rings. The van der Waals surface area contributed by atoms with Crippen LogP contribution < -0.4 is 5.32 Å². The fourth-order valence-corrected chi connectivity index (χ4v) is 2.25. The molecule has 1 aliphatic heterocycles. The van der Waals surface area contributed by atoms with Crippen molar-refractivity contribution in [3.8, 4) is 0 Å². The molecule has 0 amide bonds. The summed E-state index contributed by atoms with van der Waals surface area (Å²) >= 11 is 6.39. The Labute approximate surface area is 96.2 Å². The van der Waals surface area contributed by atoms with Gasteiger partial charge in [0.05, 0.1) is 0 Å². The maximum absolute atomic E-state index is 6.39. The summed E-state index contributed by atoms with van der Waals surface area (Å²) < 4.78 is 0. The van der Waals surface area contributed by atoms with Gasteiger partial charge in [0.25, 0.3) is 0 Å². The van der Waals surface area contributed by atoms with Crippen molar-refractivity contribution in [2.45, 2.75) is 13.0 Å². The fraction of sp³-hybridized carbons (Fsp3) is 0.417. The lowest BCUT2D eigenvalue weighted by Gasteiger charge is -2.36. The highest BCUT2D eigenvalue weighted by Gasteiger charge is 2.26. The molecule has 1 aromatic carbocycles. The van der Waals surface area contributed by atoms with Gasteiger partial charge in [-0.3, -0.25) is 4.90 Å². The standard InChI is InChI=1S/C12H16ClN2/c1-10-9-14-7-8-15(10)12(13)11-5-3-2-4-6-11/h2-6,10,14H,7-9H2,1H3. The molecule has 2 rings (SSSR count). The minimum Gasteiger partial charge on any atom is -0.314 e. The van der Waals surface area contributed by atoms with Gasteiger partial charge in [-0.15, -0.1) is 0 Å². The average Bonchev–Trinajstić information content (AvgIpc) is 2.30. The van der Waals surface area contributed by atoms with Crippen molar-refractivity contribution in [3.63, 3.8) is 0 Å². The van der Waals surface area contributed by atoms with Crippen LogP contribution in [0.2, 0.25) is 0 Å². The third-order valence-electron chi connectivity index (χ3n) is 2.77. The first-order chi connectivity index (χ1) is 7.29. The number of hydrogen-bond donors (Lipinski definition) is 1. The topological polar surface area (TPSA) is 15.3 Å². The van der Waals surface area contributed by atoms with E-state index < -0.39 is 0 Å². The van der Waals surface area contributed by atoms with Gasteiger partial charge in [-0.1, -0.05) is 41.9 Å². The molecule has 1 radical (unpaired) electrons. The predicted molar refractivity (Wildman–Crippen MR) is 63.7 cm³/mol. The van der Waals surface area contributed by atoms with Gasteiger partial charge in [0, 0.05) is 25.7 Å². The highest BCUT2D eigenvalue weighted by molar-refractivity contribution is 6.28. The second-order valence-electron chi connectivity index (χ2n) is 3.90. The Morgan fingerprint density at radius 3 is 2.80 bits per heavy atom. The molecule has 0 bridgehead atoms. The molecule has 15 heavy (non-hydrogen) atoms. The SMILES string of the molecule is CC1CNCCN1[C](Cl)c1ccccc1. The summed E-state index contributed by atoms with van der Waals surface area (Å²) in [6, 6.07) is 10.6. The molecule has 1 heterocycles. The van der Waals surface area contributed by atoms with Crippen molar-refractivity contribution in [1.82, 2.24) is 10.2 Å². The lowest BCUT2D eigenvalue weighted by Crippen LogP contribution is -2.50. The van der Waals surface area contributed by atoms with E-state index in [4.69, 9.17) is 11.6 Å². The van der Waals surface area contributed by atoms with Gasteiger partial charge in [-0.25, -0.2) is 0 Å². The Balaban J connectivity index is 2.09. The first-order valence-electron chi connectivity index (χ1n) is 5.34. The van der Waals surface area contributed by atoms with Crippen molar-refractivity contribution in [2.75, 3.05) is 19.6 Å². The first kappa shape index (κ1) is 10.9. The summed E-state index contributed by atoms with van der Waals surface area (Å²) in [5, 5.41) is 3.36. The summed E-state index contributed by atoms with van der Waals surface area (Å²) in [5.74, 6) is 0. The molecule has 1 fully saturated rings. The molecule has 0 aromatic heterocycles. The Bertz CT molecular complexity index is 302. The van der Waals surface area contributed by atoms with Crippen LogP contribution in [0.4, 0.5) is 0 Å². The van der Waals surface area contributed by atoms with Crippen LogP contribution in [-0.2, 0) is 0 Å². The van der Waals surface area contributed by atoms with Gasteiger partial charge in [0.1, 0.15) is 0 Å². The lowest BCUT2D eigenvalue weighted by molar-refractivity contribution is 0.212. The third-order valence-corrected chi connectivity index (χ3v) is 3.20. The van der Waals surface area contributed by atoms with Gasteiger partial charge >= 0.3 is 0 Å². The molecule has 81 valence electrons. The van der Waals surface area contributed by atoms with E-state index in [9.17, 15) is 0 Å².